The van der Waals surface area contributed by atoms with E-state index < -0.39 is 23.3 Å². The highest BCUT2D eigenvalue weighted by atomic mass is 35.6. The molecule has 1 aliphatic carbocycles. The average Bonchev–Trinajstić information content (AvgIpc) is 2.04. The standard InChI is InChI=1S/C5Cl8F2/c6-1(7)2(8,9)4(12,13)5(14,15)3(1,10)11. The summed E-state index contributed by atoms with van der Waals surface area (Å²) in [6.07, 6.45) is 0. The Bertz CT molecular complexity index is 206. The zero-order valence-electron chi connectivity index (χ0n) is 6.28. The number of rotatable bonds is 0. The van der Waals surface area contributed by atoms with Crippen LogP contribution in [0.3, 0.4) is 0 Å². The lowest BCUT2D eigenvalue weighted by atomic mass is 10.3. The lowest BCUT2D eigenvalue weighted by Gasteiger charge is -2.32. The fourth-order valence-corrected chi connectivity index (χ4v) is 3.74. The molecular weight excluding hydrogens is 382 g/mol. The summed E-state index contributed by atoms with van der Waals surface area (Å²) in [6, 6.07) is 0. The molecule has 0 aliphatic heterocycles. The molecule has 0 aromatic carbocycles. The Balaban J connectivity index is 3.55. The van der Waals surface area contributed by atoms with Crippen molar-refractivity contribution in [2.75, 3.05) is 0 Å². The van der Waals surface area contributed by atoms with E-state index in [4.69, 9.17) is 92.8 Å². The van der Waals surface area contributed by atoms with Crippen LogP contribution < -0.4 is 0 Å². The van der Waals surface area contributed by atoms with Gasteiger partial charge in [0, 0.05) is 0 Å². The van der Waals surface area contributed by atoms with Crippen molar-refractivity contribution in [2.24, 2.45) is 0 Å². The van der Waals surface area contributed by atoms with Crippen molar-refractivity contribution >= 4 is 92.8 Å². The molecule has 0 bridgehead atoms. The monoisotopic (exact) mass is 378 g/mol. The predicted molar refractivity (Wildman–Crippen MR) is 62.7 cm³/mol. The van der Waals surface area contributed by atoms with Crippen molar-refractivity contribution in [3.05, 3.63) is 0 Å². The summed E-state index contributed by atoms with van der Waals surface area (Å²) in [5.74, 6) is -4.11. The van der Waals surface area contributed by atoms with Gasteiger partial charge in [0.25, 0.3) is 0 Å². The molecule has 0 spiro atoms. The molecule has 0 heterocycles. The van der Waals surface area contributed by atoms with Crippen molar-refractivity contribution < 1.29 is 8.78 Å². The van der Waals surface area contributed by atoms with E-state index in [9.17, 15) is 8.78 Å². The first-order chi connectivity index (χ1) is 6.25. The van der Waals surface area contributed by atoms with Crippen molar-refractivity contribution in [1.82, 2.24) is 0 Å². The summed E-state index contributed by atoms with van der Waals surface area (Å²) in [4.78, 5) is 0. The minimum Gasteiger partial charge on any atom is -0.200 e. The quantitative estimate of drug-likeness (QED) is 0.497. The maximum absolute atomic E-state index is 13.6. The molecule has 0 unspecified atom stereocenters. The third-order valence-corrected chi connectivity index (χ3v) is 7.48. The first-order valence-corrected chi connectivity index (χ1v) is 6.16. The second kappa shape index (κ2) is 3.60. The number of hydrogen-bond donors (Lipinski definition) is 0. The first kappa shape index (κ1) is 15.2. The third kappa shape index (κ3) is 1.46. The van der Waals surface area contributed by atoms with Gasteiger partial charge in [0.1, 0.15) is 0 Å². The molecule has 15 heavy (non-hydrogen) atoms. The Morgan fingerprint density at radius 2 is 0.667 bits per heavy atom. The Kier molecular flexibility index (Phi) is 3.66. The van der Waals surface area contributed by atoms with Crippen LogP contribution in [-0.2, 0) is 0 Å². The van der Waals surface area contributed by atoms with Crippen LogP contribution in [0.5, 0.6) is 0 Å². The van der Waals surface area contributed by atoms with Gasteiger partial charge < -0.3 is 0 Å². The summed E-state index contributed by atoms with van der Waals surface area (Å²) in [5, 5.41) is 0. The van der Waals surface area contributed by atoms with Gasteiger partial charge >= 0.3 is 5.92 Å². The van der Waals surface area contributed by atoms with Crippen LogP contribution in [0.4, 0.5) is 8.78 Å². The lowest BCUT2D eigenvalue weighted by molar-refractivity contribution is -0.00784. The van der Waals surface area contributed by atoms with Gasteiger partial charge in [0.05, 0.1) is 0 Å². The lowest BCUT2D eigenvalue weighted by Crippen LogP contribution is -2.48. The van der Waals surface area contributed by atoms with Crippen molar-refractivity contribution in [1.29, 1.82) is 0 Å². The second-order valence-corrected chi connectivity index (χ2v) is 8.18. The van der Waals surface area contributed by atoms with Gasteiger partial charge in [-0.25, -0.2) is 0 Å². The fraction of sp³-hybridized carbons (Fsp3) is 1.00. The molecule has 1 aliphatic rings. The van der Waals surface area contributed by atoms with Crippen molar-refractivity contribution in [3.63, 3.8) is 0 Å². The van der Waals surface area contributed by atoms with Crippen LogP contribution in [0.2, 0.25) is 0 Å². The minimum atomic E-state index is -4.11. The molecule has 0 aromatic heterocycles. The van der Waals surface area contributed by atoms with Gasteiger partial charge in [0.15, 0.2) is 8.67 Å². The second-order valence-electron chi connectivity index (χ2n) is 2.87. The summed E-state index contributed by atoms with van der Waals surface area (Å²) in [6.45, 7) is 0. The van der Waals surface area contributed by atoms with E-state index >= 15 is 0 Å². The van der Waals surface area contributed by atoms with E-state index in [1.807, 2.05) is 0 Å². The van der Waals surface area contributed by atoms with Crippen LogP contribution in [0.1, 0.15) is 0 Å². The van der Waals surface area contributed by atoms with E-state index in [-0.39, 0.29) is 0 Å². The van der Waals surface area contributed by atoms with Crippen LogP contribution >= 0.6 is 92.8 Å². The largest absolute Gasteiger partial charge is 0.318 e. The van der Waals surface area contributed by atoms with Crippen molar-refractivity contribution in [3.8, 4) is 0 Å². The molecule has 1 fully saturated rings. The Morgan fingerprint density at radius 3 is 0.733 bits per heavy atom. The van der Waals surface area contributed by atoms with E-state index in [1.165, 1.54) is 0 Å². The molecule has 10 heteroatoms. The molecule has 1 saturated carbocycles. The van der Waals surface area contributed by atoms with Crippen LogP contribution in [0, 0.1) is 0 Å². The Morgan fingerprint density at radius 1 is 0.467 bits per heavy atom. The number of hydrogen-bond acceptors (Lipinski definition) is 0. The number of alkyl halides is 10. The zero-order chi connectivity index (χ0) is 12.5. The molecule has 0 radical (unpaired) electrons. The first-order valence-electron chi connectivity index (χ1n) is 3.14. The highest BCUT2D eigenvalue weighted by molar-refractivity contribution is 6.76. The van der Waals surface area contributed by atoms with E-state index in [2.05, 4.69) is 0 Å². The van der Waals surface area contributed by atoms with E-state index in [0.717, 1.165) is 0 Å². The van der Waals surface area contributed by atoms with Gasteiger partial charge in [-0.1, -0.05) is 92.8 Å². The van der Waals surface area contributed by atoms with Crippen LogP contribution in [-0.4, -0.2) is 23.3 Å². The van der Waals surface area contributed by atoms with E-state index in [0.29, 0.717) is 0 Å². The summed E-state index contributed by atoms with van der Waals surface area (Å²) < 4.78 is 15.9. The van der Waals surface area contributed by atoms with Crippen molar-refractivity contribution in [2.45, 2.75) is 23.3 Å². The normalized spacial score (nSPS) is 34.0. The highest BCUT2D eigenvalue weighted by Gasteiger charge is 2.90. The summed E-state index contributed by atoms with van der Waals surface area (Å²) in [7, 11) is 0. The fourth-order valence-electron chi connectivity index (χ4n) is 0.986. The average molecular weight is 382 g/mol. The summed E-state index contributed by atoms with van der Waals surface area (Å²) in [5.41, 5.74) is 0. The SMILES string of the molecule is FC1(F)C(Cl)(Cl)C(Cl)(Cl)C(Cl)(Cl)C1(Cl)Cl. The molecule has 1 rings (SSSR count). The van der Waals surface area contributed by atoms with Crippen LogP contribution in [0.15, 0.2) is 0 Å². The summed E-state index contributed by atoms with van der Waals surface area (Å²) >= 11 is 43.4. The van der Waals surface area contributed by atoms with E-state index in [1.54, 1.807) is 0 Å². The molecular formula is C5Cl8F2. The Hall–Kier alpha value is 2.18. The molecule has 0 atom stereocenters. The van der Waals surface area contributed by atoms with Crippen LogP contribution in [0.25, 0.3) is 0 Å². The maximum Gasteiger partial charge on any atom is 0.318 e. The molecule has 0 amide bonds. The zero-order valence-corrected chi connectivity index (χ0v) is 12.3. The smallest absolute Gasteiger partial charge is 0.200 e. The van der Waals surface area contributed by atoms with Gasteiger partial charge in [-0.05, 0) is 0 Å². The minimum absolute atomic E-state index is 2.65. The molecule has 0 nitrogen and oxygen atoms in total. The van der Waals surface area contributed by atoms with Gasteiger partial charge in [-0.3, -0.25) is 0 Å². The van der Waals surface area contributed by atoms with Gasteiger partial charge in [-0.2, -0.15) is 8.78 Å². The topological polar surface area (TPSA) is 0 Å². The number of halogens is 10. The third-order valence-electron chi connectivity index (χ3n) is 1.97. The van der Waals surface area contributed by atoms with Gasteiger partial charge in [0.2, 0.25) is 8.67 Å². The maximum atomic E-state index is 13.6. The Labute approximate surface area is 124 Å². The molecule has 90 valence electrons. The molecule has 0 N–H and O–H groups in total. The molecule has 0 aromatic rings. The van der Waals surface area contributed by atoms with Gasteiger partial charge in [-0.15, -0.1) is 0 Å². The highest BCUT2D eigenvalue weighted by Crippen LogP contribution is 2.76. The predicted octanol–water partition coefficient (Wildman–Crippen LogP) is 5.33. The molecule has 0 saturated heterocycles.